The van der Waals surface area contributed by atoms with Crippen LogP contribution in [-0.2, 0) is 15.8 Å². The Hall–Kier alpha value is -2.88. The summed E-state index contributed by atoms with van der Waals surface area (Å²) in [6, 6.07) is 6.20. The molecule has 0 spiro atoms. The number of carboxylic acids is 1. The number of halogens is 3. The highest BCUT2D eigenvalue weighted by Crippen LogP contribution is 2.51. The van der Waals surface area contributed by atoms with Gasteiger partial charge in [0.15, 0.2) is 0 Å². The summed E-state index contributed by atoms with van der Waals surface area (Å²) < 4.78 is 39.8. The van der Waals surface area contributed by atoms with Crippen LogP contribution >= 0.6 is 11.3 Å². The Kier molecular flexibility index (Phi) is 6.37. The van der Waals surface area contributed by atoms with Crippen molar-refractivity contribution in [1.29, 1.82) is 0 Å². The highest BCUT2D eigenvalue weighted by molar-refractivity contribution is 7.10. The van der Waals surface area contributed by atoms with Gasteiger partial charge in [-0.15, -0.1) is 11.3 Å². The number of rotatable bonds is 6. The van der Waals surface area contributed by atoms with E-state index in [2.05, 4.69) is 0 Å². The third-order valence-corrected chi connectivity index (χ3v) is 6.62. The monoisotopic (exact) mass is 468 g/mol. The van der Waals surface area contributed by atoms with Crippen LogP contribution in [0.15, 0.2) is 41.8 Å². The predicted molar refractivity (Wildman–Crippen MR) is 112 cm³/mol. The molecular formula is C22H23F3N2O4S. The fourth-order valence-corrected chi connectivity index (χ4v) is 5.36. The molecule has 1 aromatic heterocycles. The number of hydrogen-bond donors (Lipinski definition) is 2. The zero-order valence-corrected chi connectivity index (χ0v) is 18.2. The van der Waals surface area contributed by atoms with Crippen LogP contribution < -0.4 is 5.73 Å². The zero-order chi connectivity index (χ0) is 23.8. The summed E-state index contributed by atoms with van der Waals surface area (Å²) in [5.74, 6) is -4.16. The van der Waals surface area contributed by atoms with Gasteiger partial charge >= 0.3 is 12.1 Å². The molecule has 2 aromatic rings. The summed E-state index contributed by atoms with van der Waals surface area (Å²) >= 11 is 1.22. The molecule has 3 rings (SSSR count). The Morgan fingerprint density at radius 2 is 1.94 bits per heavy atom. The molecule has 1 aliphatic heterocycles. The van der Waals surface area contributed by atoms with Crippen molar-refractivity contribution in [3.63, 3.8) is 0 Å². The maximum Gasteiger partial charge on any atom is 0.416 e. The Morgan fingerprint density at radius 1 is 1.25 bits per heavy atom. The first kappa shape index (κ1) is 23.8. The van der Waals surface area contributed by atoms with Gasteiger partial charge in [0.25, 0.3) is 5.91 Å². The summed E-state index contributed by atoms with van der Waals surface area (Å²) in [6.45, 7) is 3.55. The molecule has 6 nitrogen and oxygen atoms in total. The largest absolute Gasteiger partial charge is 0.479 e. The lowest BCUT2D eigenvalue weighted by atomic mass is 9.83. The summed E-state index contributed by atoms with van der Waals surface area (Å²) in [7, 11) is 0. The fourth-order valence-electron chi connectivity index (χ4n) is 4.48. The normalized spacial score (nSPS) is 23.5. The highest BCUT2D eigenvalue weighted by Gasteiger charge is 2.60. The number of aliphatic carboxylic acids is 1. The SMILES string of the molecule is CC(C)CC1(C(=O)O)CC(C(N)=O)C(c2cccs2)N1C(=O)c1cccc(C(F)(F)F)c1. The molecular weight excluding hydrogens is 445 g/mol. The van der Waals surface area contributed by atoms with E-state index in [1.807, 2.05) is 0 Å². The number of alkyl halides is 3. The van der Waals surface area contributed by atoms with Gasteiger partial charge in [-0.3, -0.25) is 9.59 Å². The number of carbonyl (C=O) groups is 3. The lowest BCUT2D eigenvalue weighted by molar-refractivity contribution is -0.150. The van der Waals surface area contributed by atoms with E-state index in [1.165, 1.54) is 17.4 Å². The maximum absolute atomic E-state index is 13.6. The standard InChI is InChI=1S/C22H23F3N2O4S/c1-12(2)10-21(20(30)31)11-15(18(26)28)17(16-7-4-8-32-16)27(21)19(29)13-5-3-6-14(9-13)22(23,24)25/h3-9,12,15,17H,10-11H2,1-2H3,(H2,26,28)(H,30,31). The van der Waals surface area contributed by atoms with Crippen LogP contribution in [0.5, 0.6) is 0 Å². The highest BCUT2D eigenvalue weighted by atomic mass is 32.1. The van der Waals surface area contributed by atoms with Gasteiger partial charge in [0.1, 0.15) is 5.54 Å². The van der Waals surface area contributed by atoms with E-state index in [4.69, 9.17) is 5.73 Å². The molecule has 1 fully saturated rings. The Labute approximate surface area is 186 Å². The van der Waals surface area contributed by atoms with Gasteiger partial charge in [0.05, 0.1) is 17.5 Å². The number of carbonyl (C=O) groups excluding carboxylic acids is 2. The van der Waals surface area contributed by atoms with Crippen LogP contribution in [0.25, 0.3) is 0 Å². The van der Waals surface area contributed by atoms with E-state index in [9.17, 15) is 32.7 Å². The van der Waals surface area contributed by atoms with E-state index >= 15 is 0 Å². The number of nitrogens with zero attached hydrogens (tertiary/aromatic N) is 1. The first-order valence-corrected chi connectivity index (χ1v) is 10.8. The van der Waals surface area contributed by atoms with E-state index < -0.39 is 47.0 Å². The third-order valence-electron chi connectivity index (χ3n) is 5.68. The second-order valence-corrected chi connectivity index (χ2v) is 9.34. The van der Waals surface area contributed by atoms with Crippen LogP contribution in [-0.4, -0.2) is 33.3 Å². The van der Waals surface area contributed by atoms with Crippen LogP contribution in [0.4, 0.5) is 13.2 Å². The van der Waals surface area contributed by atoms with Gasteiger partial charge in [-0.2, -0.15) is 13.2 Å². The van der Waals surface area contributed by atoms with Gasteiger partial charge in [-0.1, -0.05) is 26.0 Å². The van der Waals surface area contributed by atoms with Crippen molar-refractivity contribution in [2.45, 2.75) is 44.4 Å². The minimum absolute atomic E-state index is 0.0126. The number of thiophene rings is 1. The zero-order valence-electron chi connectivity index (χ0n) is 17.4. The number of likely N-dealkylation sites (tertiary alicyclic amines) is 1. The molecule has 0 aliphatic carbocycles. The predicted octanol–water partition coefficient (Wildman–Crippen LogP) is 4.33. The molecule has 1 saturated heterocycles. The van der Waals surface area contributed by atoms with E-state index in [1.54, 1.807) is 31.4 Å². The van der Waals surface area contributed by atoms with Crippen LogP contribution in [0.2, 0.25) is 0 Å². The van der Waals surface area contributed by atoms with Crippen LogP contribution in [0.3, 0.4) is 0 Å². The summed E-state index contributed by atoms with van der Waals surface area (Å²) in [4.78, 5) is 40.2. The number of nitrogens with two attached hydrogens (primary N) is 1. The summed E-state index contributed by atoms with van der Waals surface area (Å²) in [5, 5.41) is 12.0. The van der Waals surface area contributed by atoms with Crippen molar-refractivity contribution in [1.82, 2.24) is 4.90 Å². The quantitative estimate of drug-likeness (QED) is 0.659. The number of hydrogen-bond acceptors (Lipinski definition) is 4. The molecule has 2 heterocycles. The smallest absolute Gasteiger partial charge is 0.416 e. The average Bonchev–Trinajstić information content (AvgIpc) is 3.33. The van der Waals surface area contributed by atoms with Gasteiger partial charge in [-0.25, -0.2) is 4.79 Å². The molecule has 3 unspecified atom stereocenters. The number of benzene rings is 1. The lowest BCUT2D eigenvalue weighted by Crippen LogP contribution is -2.54. The van der Waals surface area contributed by atoms with Gasteiger partial charge < -0.3 is 15.7 Å². The first-order chi connectivity index (χ1) is 14.9. The Morgan fingerprint density at radius 3 is 2.44 bits per heavy atom. The van der Waals surface area contributed by atoms with Crippen molar-refractivity contribution in [2.75, 3.05) is 0 Å². The second-order valence-electron chi connectivity index (χ2n) is 8.36. The minimum atomic E-state index is -4.67. The average molecular weight is 468 g/mol. The number of carboxylic acid groups (broad SMARTS) is 1. The lowest BCUT2D eigenvalue weighted by Gasteiger charge is -2.39. The van der Waals surface area contributed by atoms with Crippen molar-refractivity contribution in [3.05, 3.63) is 57.8 Å². The molecule has 0 bridgehead atoms. The second kappa shape index (κ2) is 8.57. The number of amides is 2. The molecule has 32 heavy (non-hydrogen) atoms. The maximum atomic E-state index is 13.6. The summed E-state index contributed by atoms with van der Waals surface area (Å²) in [6.07, 6.45) is -4.88. The molecule has 1 aromatic carbocycles. The molecule has 172 valence electrons. The van der Waals surface area contributed by atoms with Gasteiger partial charge in [0, 0.05) is 10.4 Å². The van der Waals surface area contributed by atoms with Crippen molar-refractivity contribution in [3.8, 4) is 0 Å². The Balaban J connectivity index is 2.22. The van der Waals surface area contributed by atoms with Crippen LogP contribution in [0.1, 0.15) is 53.5 Å². The van der Waals surface area contributed by atoms with Crippen molar-refractivity contribution in [2.24, 2.45) is 17.6 Å². The van der Waals surface area contributed by atoms with E-state index in [0.29, 0.717) is 10.9 Å². The molecule has 0 radical (unpaired) electrons. The molecule has 3 N–H and O–H groups in total. The summed E-state index contributed by atoms with van der Waals surface area (Å²) in [5.41, 5.74) is 2.49. The topological polar surface area (TPSA) is 101 Å². The third kappa shape index (κ3) is 4.23. The molecule has 3 atom stereocenters. The van der Waals surface area contributed by atoms with E-state index in [-0.39, 0.29) is 24.3 Å². The van der Waals surface area contributed by atoms with Crippen molar-refractivity contribution < 1.29 is 32.7 Å². The minimum Gasteiger partial charge on any atom is -0.479 e. The molecule has 0 saturated carbocycles. The molecule has 1 aliphatic rings. The van der Waals surface area contributed by atoms with Crippen molar-refractivity contribution >= 4 is 29.1 Å². The Bertz CT molecular complexity index is 1020. The molecule has 2 amide bonds. The fraction of sp³-hybridized carbons (Fsp3) is 0.409. The van der Waals surface area contributed by atoms with Gasteiger partial charge in [0.2, 0.25) is 5.91 Å². The van der Waals surface area contributed by atoms with E-state index in [0.717, 1.165) is 17.0 Å². The van der Waals surface area contributed by atoms with Crippen LogP contribution in [0, 0.1) is 11.8 Å². The first-order valence-electron chi connectivity index (χ1n) is 9.95. The van der Waals surface area contributed by atoms with Gasteiger partial charge in [-0.05, 0) is 48.4 Å². The number of primary amides is 1. The molecule has 10 heteroatoms.